The van der Waals surface area contributed by atoms with Crippen LogP contribution in [-0.2, 0) is 0 Å². The van der Waals surface area contributed by atoms with Gasteiger partial charge < -0.3 is 10.0 Å². The van der Waals surface area contributed by atoms with Gasteiger partial charge in [-0.25, -0.2) is 4.79 Å². The highest BCUT2D eigenvalue weighted by Crippen LogP contribution is 2.33. The quantitative estimate of drug-likeness (QED) is 0.834. The Morgan fingerprint density at radius 3 is 2.76 bits per heavy atom. The van der Waals surface area contributed by atoms with Gasteiger partial charge >= 0.3 is 5.97 Å². The highest BCUT2D eigenvalue weighted by Gasteiger charge is 2.41. The van der Waals surface area contributed by atoms with Crippen molar-refractivity contribution in [2.45, 2.75) is 18.5 Å². The van der Waals surface area contributed by atoms with Crippen molar-refractivity contribution >= 4 is 11.7 Å². The first-order chi connectivity index (χ1) is 8.15. The number of piperazine rings is 1. The summed E-state index contributed by atoms with van der Waals surface area (Å²) in [5.41, 5.74) is 1.42. The summed E-state index contributed by atoms with van der Waals surface area (Å²) in [7, 11) is 2.16. The summed E-state index contributed by atoms with van der Waals surface area (Å²) in [6.07, 6.45) is 1.20. The predicted molar refractivity (Wildman–Crippen MR) is 65.6 cm³/mol. The first-order valence-electron chi connectivity index (χ1n) is 5.95. The molecule has 0 saturated carbocycles. The van der Waals surface area contributed by atoms with E-state index in [-0.39, 0.29) is 0 Å². The molecule has 2 fully saturated rings. The molecule has 0 aromatic heterocycles. The summed E-state index contributed by atoms with van der Waals surface area (Å²) in [6, 6.07) is 8.44. The van der Waals surface area contributed by atoms with Gasteiger partial charge in [-0.1, -0.05) is 6.07 Å². The molecule has 2 aliphatic heterocycles. The maximum atomic E-state index is 11.0. The number of nitrogens with zero attached hydrogens (tertiary/aromatic N) is 2. The fourth-order valence-electron chi connectivity index (χ4n) is 3.00. The Morgan fingerprint density at radius 1 is 1.35 bits per heavy atom. The van der Waals surface area contributed by atoms with Gasteiger partial charge in [0.05, 0.1) is 5.56 Å². The standard InChI is InChI=1S/C13H16N2O2/c1-14-7-12-6-11(14)8-15(12)10-4-2-3-9(5-10)13(16)17/h2-5,11-12H,6-8H2,1H3,(H,16,17). The smallest absolute Gasteiger partial charge is 0.335 e. The highest BCUT2D eigenvalue weighted by molar-refractivity contribution is 5.88. The van der Waals surface area contributed by atoms with Gasteiger partial charge in [-0.3, -0.25) is 4.90 Å². The first-order valence-corrected chi connectivity index (χ1v) is 5.95. The van der Waals surface area contributed by atoms with E-state index in [9.17, 15) is 4.79 Å². The van der Waals surface area contributed by atoms with Crippen LogP contribution in [-0.4, -0.2) is 48.2 Å². The molecule has 1 aromatic carbocycles. The molecule has 1 N–H and O–H groups in total. The van der Waals surface area contributed by atoms with Crippen molar-refractivity contribution in [1.29, 1.82) is 0 Å². The molecule has 4 heteroatoms. The van der Waals surface area contributed by atoms with Crippen LogP contribution in [0.4, 0.5) is 5.69 Å². The highest BCUT2D eigenvalue weighted by atomic mass is 16.4. The number of carbonyl (C=O) groups is 1. The van der Waals surface area contributed by atoms with Crippen molar-refractivity contribution in [2.24, 2.45) is 0 Å². The average molecular weight is 232 g/mol. The van der Waals surface area contributed by atoms with Gasteiger partial charge in [-0.05, 0) is 31.7 Å². The molecule has 0 amide bonds. The molecule has 90 valence electrons. The van der Waals surface area contributed by atoms with Gasteiger partial charge in [0, 0.05) is 30.9 Å². The second kappa shape index (κ2) is 3.74. The zero-order valence-electron chi connectivity index (χ0n) is 9.84. The molecule has 2 aliphatic rings. The lowest BCUT2D eigenvalue weighted by Crippen LogP contribution is -2.44. The number of likely N-dealkylation sites (N-methyl/N-ethyl adjacent to an activating group) is 1. The van der Waals surface area contributed by atoms with Crippen molar-refractivity contribution < 1.29 is 9.90 Å². The number of fused-ring (bicyclic) bond motifs is 2. The Hall–Kier alpha value is -1.55. The number of rotatable bonds is 2. The van der Waals surface area contributed by atoms with E-state index < -0.39 is 5.97 Å². The third kappa shape index (κ3) is 1.69. The molecule has 2 heterocycles. The number of hydrogen-bond acceptors (Lipinski definition) is 3. The molecule has 2 bridgehead atoms. The Kier molecular flexibility index (Phi) is 2.33. The summed E-state index contributed by atoms with van der Waals surface area (Å²) in [6.45, 7) is 2.10. The molecule has 2 unspecified atom stereocenters. The van der Waals surface area contributed by atoms with Crippen LogP contribution in [0.5, 0.6) is 0 Å². The largest absolute Gasteiger partial charge is 0.478 e. The zero-order valence-corrected chi connectivity index (χ0v) is 9.84. The molecule has 4 nitrogen and oxygen atoms in total. The lowest BCUT2D eigenvalue weighted by molar-refractivity contribution is 0.0697. The molecule has 0 aliphatic carbocycles. The Bertz CT molecular complexity index is 458. The molecule has 2 atom stereocenters. The number of benzene rings is 1. The fourth-order valence-corrected chi connectivity index (χ4v) is 3.00. The van der Waals surface area contributed by atoms with Crippen molar-refractivity contribution in [2.75, 3.05) is 25.0 Å². The summed E-state index contributed by atoms with van der Waals surface area (Å²) >= 11 is 0. The Labute approximate surface area is 100 Å². The number of hydrogen-bond donors (Lipinski definition) is 1. The second-order valence-corrected chi connectivity index (χ2v) is 4.99. The van der Waals surface area contributed by atoms with Crippen molar-refractivity contribution in [3.8, 4) is 0 Å². The van der Waals surface area contributed by atoms with Crippen LogP contribution in [0.15, 0.2) is 24.3 Å². The first kappa shape index (κ1) is 10.6. The van der Waals surface area contributed by atoms with Crippen LogP contribution in [0, 0.1) is 0 Å². The third-order valence-electron chi connectivity index (χ3n) is 3.94. The average Bonchev–Trinajstić information content (AvgIpc) is 2.87. The van der Waals surface area contributed by atoms with Crippen molar-refractivity contribution in [3.63, 3.8) is 0 Å². The molecule has 2 saturated heterocycles. The van der Waals surface area contributed by atoms with E-state index in [1.807, 2.05) is 12.1 Å². The number of anilines is 1. The minimum absolute atomic E-state index is 0.374. The summed E-state index contributed by atoms with van der Waals surface area (Å²) in [5.74, 6) is -0.853. The summed E-state index contributed by atoms with van der Waals surface area (Å²) in [5, 5.41) is 9.00. The normalized spacial score (nSPS) is 27.7. The maximum Gasteiger partial charge on any atom is 0.335 e. The number of carboxylic acids is 1. The van der Waals surface area contributed by atoms with Gasteiger partial charge in [-0.2, -0.15) is 0 Å². The van der Waals surface area contributed by atoms with Crippen LogP contribution < -0.4 is 4.90 Å². The minimum Gasteiger partial charge on any atom is -0.478 e. The number of likely N-dealkylation sites (tertiary alicyclic amines) is 1. The Morgan fingerprint density at radius 2 is 2.18 bits per heavy atom. The molecule has 3 rings (SSSR count). The topological polar surface area (TPSA) is 43.8 Å². The van der Waals surface area contributed by atoms with Crippen molar-refractivity contribution in [1.82, 2.24) is 4.90 Å². The van der Waals surface area contributed by atoms with Crippen LogP contribution in [0.1, 0.15) is 16.8 Å². The van der Waals surface area contributed by atoms with E-state index in [0.29, 0.717) is 17.6 Å². The molecular weight excluding hydrogens is 216 g/mol. The number of carboxylic acid groups (broad SMARTS) is 1. The van der Waals surface area contributed by atoms with Crippen LogP contribution >= 0.6 is 0 Å². The zero-order chi connectivity index (χ0) is 12.0. The van der Waals surface area contributed by atoms with Crippen LogP contribution in [0.25, 0.3) is 0 Å². The molecule has 1 aromatic rings. The Balaban J connectivity index is 1.86. The lowest BCUT2D eigenvalue weighted by atomic mass is 10.1. The maximum absolute atomic E-state index is 11.0. The predicted octanol–water partition coefficient (Wildman–Crippen LogP) is 1.28. The van der Waals surface area contributed by atoms with E-state index in [0.717, 1.165) is 18.8 Å². The summed E-state index contributed by atoms with van der Waals surface area (Å²) in [4.78, 5) is 15.7. The SMILES string of the molecule is CN1CC2CC1CN2c1cccc(C(=O)O)c1. The second-order valence-electron chi connectivity index (χ2n) is 4.99. The van der Waals surface area contributed by atoms with Gasteiger partial charge in [-0.15, -0.1) is 0 Å². The van der Waals surface area contributed by atoms with E-state index in [4.69, 9.17) is 5.11 Å². The van der Waals surface area contributed by atoms with E-state index in [1.54, 1.807) is 12.1 Å². The minimum atomic E-state index is -0.853. The van der Waals surface area contributed by atoms with Gasteiger partial charge in [0.25, 0.3) is 0 Å². The fraction of sp³-hybridized carbons (Fsp3) is 0.462. The van der Waals surface area contributed by atoms with E-state index >= 15 is 0 Å². The molecule has 17 heavy (non-hydrogen) atoms. The van der Waals surface area contributed by atoms with E-state index in [2.05, 4.69) is 16.8 Å². The molecular formula is C13H16N2O2. The molecule has 0 radical (unpaired) electrons. The monoisotopic (exact) mass is 232 g/mol. The van der Waals surface area contributed by atoms with Gasteiger partial charge in [0.2, 0.25) is 0 Å². The van der Waals surface area contributed by atoms with Crippen LogP contribution in [0.2, 0.25) is 0 Å². The van der Waals surface area contributed by atoms with Gasteiger partial charge in [0.1, 0.15) is 0 Å². The van der Waals surface area contributed by atoms with Crippen LogP contribution in [0.3, 0.4) is 0 Å². The molecule has 0 spiro atoms. The summed E-state index contributed by atoms with van der Waals surface area (Å²) < 4.78 is 0. The third-order valence-corrected chi connectivity index (χ3v) is 3.94. The number of aromatic carboxylic acids is 1. The van der Waals surface area contributed by atoms with Gasteiger partial charge in [0.15, 0.2) is 0 Å². The lowest BCUT2D eigenvalue weighted by Gasteiger charge is -2.33. The van der Waals surface area contributed by atoms with Crippen molar-refractivity contribution in [3.05, 3.63) is 29.8 Å². The van der Waals surface area contributed by atoms with E-state index in [1.165, 1.54) is 6.42 Å².